The molecule has 21 heavy (non-hydrogen) atoms. The zero-order valence-electron chi connectivity index (χ0n) is 11.1. The molecule has 1 aliphatic rings. The number of halogens is 1. The summed E-state index contributed by atoms with van der Waals surface area (Å²) in [6.45, 7) is 1.43. The second kappa shape index (κ2) is 6.82. The summed E-state index contributed by atoms with van der Waals surface area (Å²) >= 11 is 1.27. The van der Waals surface area contributed by atoms with E-state index in [0.717, 1.165) is 13.0 Å². The van der Waals surface area contributed by atoms with Crippen molar-refractivity contribution in [3.8, 4) is 0 Å². The van der Waals surface area contributed by atoms with Gasteiger partial charge in [-0.1, -0.05) is 29.5 Å². The Morgan fingerprint density at radius 2 is 2.10 bits per heavy atom. The number of hydrogen-bond donors (Lipinski definition) is 1. The lowest BCUT2D eigenvalue weighted by Gasteiger charge is -2.03. The van der Waals surface area contributed by atoms with Gasteiger partial charge < -0.3 is 5.32 Å². The van der Waals surface area contributed by atoms with Gasteiger partial charge in [0.25, 0.3) is 5.56 Å². The fourth-order valence-corrected chi connectivity index (χ4v) is 3.05. The number of carbonyl (C=O) groups is 1. The average Bonchev–Trinajstić information content (AvgIpc) is 2.77. The van der Waals surface area contributed by atoms with E-state index >= 15 is 0 Å². The van der Waals surface area contributed by atoms with Crippen LogP contribution >= 0.6 is 28.3 Å². The first-order chi connectivity index (χ1) is 9.74. The molecule has 0 aliphatic carbocycles. The number of para-hydroxylation sites is 1. The number of fused-ring (bicyclic) bond motifs is 1. The molecule has 0 atom stereocenters. The fraction of sp³-hybridized carbons (Fsp3) is 0.214. The van der Waals surface area contributed by atoms with Crippen LogP contribution in [-0.4, -0.2) is 17.0 Å². The number of carbonyl (C=O) groups excluding carboxylic acids is 1. The molecule has 0 fully saturated rings. The summed E-state index contributed by atoms with van der Waals surface area (Å²) in [5.74, 6) is -0.299. The maximum Gasteiger partial charge on any atom is 0.270 e. The maximum atomic E-state index is 12.1. The molecule has 5 nitrogen and oxygen atoms in total. The van der Waals surface area contributed by atoms with E-state index < -0.39 is 0 Å². The van der Waals surface area contributed by atoms with Crippen LogP contribution in [0.1, 0.15) is 6.42 Å². The van der Waals surface area contributed by atoms with Gasteiger partial charge in [-0.3, -0.25) is 19.1 Å². The first kappa shape index (κ1) is 15.7. The molecule has 0 bridgehead atoms. The minimum Gasteiger partial charge on any atom is -0.322 e. The van der Waals surface area contributed by atoms with Gasteiger partial charge in [0.1, 0.15) is 4.53 Å². The SMILES string of the molecule is Br.O=C(/C=c1/sc2n(c1=O)CCCN=2)Nc1ccccc1. The highest BCUT2D eigenvalue weighted by atomic mass is 79.9. The van der Waals surface area contributed by atoms with Crippen LogP contribution in [0.4, 0.5) is 5.69 Å². The largest absolute Gasteiger partial charge is 0.322 e. The molecular weight excluding hydrogens is 354 g/mol. The van der Waals surface area contributed by atoms with Crippen LogP contribution in [0.3, 0.4) is 0 Å². The van der Waals surface area contributed by atoms with Gasteiger partial charge in [-0.05, 0) is 18.6 Å². The van der Waals surface area contributed by atoms with Crippen molar-refractivity contribution in [2.24, 2.45) is 4.99 Å². The van der Waals surface area contributed by atoms with Crippen LogP contribution in [0.15, 0.2) is 40.1 Å². The van der Waals surface area contributed by atoms with E-state index in [1.54, 1.807) is 16.7 Å². The molecule has 0 radical (unpaired) electrons. The number of nitrogens with one attached hydrogen (secondary N) is 1. The molecule has 0 saturated heterocycles. The zero-order chi connectivity index (χ0) is 13.9. The van der Waals surface area contributed by atoms with Crippen LogP contribution < -0.4 is 20.2 Å². The van der Waals surface area contributed by atoms with Crippen LogP contribution in [-0.2, 0) is 11.3 Å². The summed E-state index contributed by atoms with van der Waals surface area (Å²) in [7, 11) is 0. The fourth-order valence-electron chi connectivity index (χ4n) is 2.05. The number of rotatable bonds is 2. The Morgan fingerprint density at radius 3 is 2.81 bits per heavy atom. The van der Waals surface area contributed by atoms with Crippen molar-refractivity contribution in [1.82, 2.24) is 4.57 Å². The van der Waals surface area contributed by atoms with Gasteiger partial charge in [0.2, 0.25) is 5.91 Å². The third-order valence-corrected chi connectivity index (χ3v) is 4.02. The smallest absolute Gasteiger partial charge is 0.270 e. The van der Waals surface area contributed by atoms with E-state index in [1.165, 1.54) is 17.4 Å². The minimum atomic E-state index is -0.299. The maximum absolute atomic E-state index is 12.1. The Morgan fingerprint density at radius 1 is 1.33 bits per heavy atom. The molecule has 1 aliphatic heterocycles. The zero-order valence-corrected chi connectivity index (χ0v) is 13.6. The van der Waals surface area contributed by atoms with Crippen molar-refractivity contribution < 1.29 is 4.79 Å². The predicted octanol–water partition coefficient (Wildman–Crippen LogP) is 0.930. The van der Waals surface area contributed by atoms with E-state index in [0.29, 0.717) is 21.6 Å². The van der Waals surface area contributed by atoms with Crippen molar-refractivity contribution in [3.63, 3.8) is 0 Å². The highest BCUT2D eigenvalue weighted by Gasteiger charge is 2.09. The molecule has 1 N–H and O–H groups in total. The number of hydrogen-bond acceptors (Lipinski definition) is 4. The lowest BCUT2D eigenvalue weighted by atomic mass is 10.3. The van der Waals surface area contributed by atoms with E-state index in [1.807, 2.05) is 18.2 Å². The lowest BCUT2D eigenvalue weighted by Crippen LogP contribution is -2.34. The van der Waals surface area contributed by atoms with Crippen molar-refractivity contribution in [2.75, 3.05) is 11.9 Å². The number of thiazole rings is 1. The topological polar surface area (TPSA) is 63.5 Å². The molecule has 1 aromatic heterocycles. The van der Waals surface area contributed by atoms with Crippen LogP contribution in [0, 0.1) is 0 Å². The molecular formula is C14H14BrN3O2S. The van der Waals surface area contributed by atoms with E-state index in [9.17, 15) is 9.59 Å². The molecule has 2 aromatic rings. The predicted molar refractivity (Wildman–Crippen MR) is 88.7 cm³/mol. The molecule has 7 heteroatoms. The Bertz CT molecular complexity index is 811. The normalized spacial score (nSPS) is 13.8. The summed E-state index contributed by atoms with van der Waals surface area (Å²) in [5.41, 5.74) is 0.580. The number of nitrogens with zero attached hydrogens (tertiary/aromatic N) is 2. The van der Waals surface area contributed by atoms with E-state index in [-0.39, 0.29) is 28.4 Å². The summed E-state index contributed by atoms with van der Waals surface area (Å²) < 4.78 is 2.06. The van der Waals surface area contributed by atoms with Gasteiger partial charge in [0.05, 0.1) is 0 Å². The third kappa shape index (κ3) is 3.48. The summed E-state index contributed by atoms with van der Waals surface area (Å²) in [6, 6.07) is 9.15. The van der Waals surface area contributed by atoms with E-state index in [4.69, 9.17) is 0 Å². The number of benzene rings is 1. The molecule has 1 amide bonds. The minimum absolute atomic E-state index is 0. The average molecular weight is 368 g/mol. The Labute approximate surface area is 135 Å². The van der Waals surface area contributed by atoms with Gasteiger partial charge >= 0.3 is 0 Å². The van der Waals surface area contributed by atoms with Gasteiger partial charge in [-0.15, -0.1) is 17.0 Å². The number of aromatic nitrogens is 1. The Kier molecular flexibility index (Phi) is 5.08. The molecule has 1 aromatic carbocycles. The van der Waals surface area contributed by atoms with Crippen LogP contribution in [0.5, 0.6) is 0 Å². The lowest BCUT2D eigenvalue weighted by molar-refractivity contribution is -0.110. The molecule has 110 valence electrons. The first-order valence-electron chi connectivity index (χ1n) is 6.36. The van der Waals surface area contributed by atoms with Crippen molar-refractivity contribution in [3.05, 3.63) is 50.0 Å². The van der Waals surface area contributed by atoms with Gasteiger partial charge in [-0.25, -0.2) is 0 Å². The Hall–Kier alpha value is -1.73. The highest BCUT2D eigenvalue weighted by Crippen LogP contribution is 2.04. The summed E-state index contributed by atoms with van der Waals surface area (Å²) in [6.07, 6.45) is 2.22. The van der Waals surface area contributed by atoms with Crippen LogP contribution in [0.25, 0.3) is 6.08 Å². The second-order valence-corrected chi connectivity index (χ2v) is 5.45. The van der Waals surface area contributed by atoms with E-state index in [2.05, 4.69) is 10.3 Å². The molecule has 3 rings (SSSR count). The third-order valence-electron chi connectivity index (χ3n) is 2.98. The summed E-state index contributed by atoms with van der Waals surface area (Å²) in [4.78, 5) is 29.0. The second-order valence-electron chi connectivity index (χ2n) is 4.44. The standard InChI is InChI=1S/C14H13N3O2S.BrH/c18-12(16-10-5-2-1-3-6-10)9-11-13(19)17-8-4-7-15-14(17)20-11;/h1-3,5-6,9H,4,7-8H2,(H,16,18);1H/b11-9+;. The molecule has 0 unspecified atom stereocenters. The first-order valence-corrected chi connectivity index (χ1v) is 7.17. The van der Waals surface area contributed by atoms with Crippen LogP contribution in [0.2, 0.25) is 0 Å². The molecule has 0 saturated carbocycles. The van der Waals surface area contributed by atoms with Crippen molar-refractivity contribution in [2.45, 2.75) is 13.0 Å². The number of anilines is 1. The monoisotopic (exact) mass is 367 g/mol. The molecule has 2 heterocycles. The molecule has 0 spiro atoms. The number of amides is 1. The quantitative estimate of drug-likeness (QED) is 0.857. The Balaban J connectivity index is 0.00000161. The van der Waals surface area contributed by atoms with Gasteiger partial charge in [0, 0.05) is 24.9 Å². The van der Waals surface area contributed by atoms with Crippen molar-refractivity contribution >= 4 is 46.0 Å². The van der Waals surface area contributed by atoms with Gasteiger partial charge in [-0.2, -0.15) is 0 Å². The highest BCUT2D eigenvalue weighted by molar-refractivity contribution is 8.93. The van der Waals surface area contributed by atoms with Crippen molar-refractivity contribution in [1.29, 1.82) is 0 Å². The van der Waals surface area contributed by atoms with Gasteiger partial charge in [0.15, 0.2) is 4.80 Å². The summed E-state index contributed by atoms with van der Waals surface area (Å²) in [5, 5.41) is 2.73.